The molecule has 2 saturated carbocycles. The summed E-state index contributed by atoms with van der Waals surface area (Å²) in [6.07, 6.45) is 10.1. The van der Waals surface area contributed by atoms with Crippen LogP contribution in [0.5, 0.6) is 0 Å². The van der Waals surface area contributed by atoms with E-state index < -0.39 is 64.9 Å². The van der Waals surface area contributed by atoms with Gasteiger partial charge in [-0.25, -0.2) is 19.2 Å². The lowest BCUT2D eigenvalue weighted by atomic mass is 9.75. The largest absolute Gasteiger partial charge is 0.444 e. The van der Waals surface area contributed by atoms with Gasteiger partial charge in [-0.2, -0.15) is 0 Å². The van der Waals surface area contributed by atoms with E-state index in [-0.39, 0.29) is 74.0 Å². The molecule has 1 heterocycles. The molecular formula is C49H86N8O12. The van der Waals surface area contributed by atoms with Crippen LogP contribution in [-0.4, -0.2) is 115 Å². The predicted octanol–water partition coefficient (Wildman–Crippen LogP) is 7.72. The molecule has 0 aromatic carbocycles. The number of hydrogen-bond donors (Lipinski definition) is 6. The Morgan fingerprint density at radius 3 is 1.09 bits per heavy atom. The van der Waals surface area contributed by atoms with Crippen molar-refractivity contribution in [2.45, 2.75) is 214 Å². The Bertz CT molecular complexity index is 1590. The minimum absolute atomic E-state index is 0.00369. The molecular weight excluding hydrogens is 893 g/mol. The maximum absolute atomic E-state index is 14.2. The first-order valence-electron chi connectivity index (χ1n) is 25.1. The van der Waals surface area contributed by atoms with Crippen molar-refractivity contribution in [2.24, 2.45) is 33.7 Å². The Morgan fingerprint density at radius 1 is 0.478 bits per heavy atom. The minimum Gasteiger partial charge on any atom is -0.444 e. The Kier molecular flexibility index (Phi) is 23.0. The molecule has 1 aliphatic heterocycles. The number of alkyl carbamates (subject to hydrolysis) is 4. The zero-order valence-electron chi connectivity index (χ0n) is 43.9. The molecule has 394 valence electrons. The van der Waals surface area contributed by atoms with E-state index in [1.54, 1.807) is 83.1 Å². The Hall–Kier alpha value is -4.72. The van der Waals surface area contributed by atoms with Crippen LogP contribution >= 0.6 is 0 Å². The molecule has 20 heteroatoms. The van der Waals surface area contributed by atoms with Crippen molar-refractivity contribution in [3.63, 3.8) is 0 Å². The lowest BCUT2D eigenvalue weighted by Gasteiger charge is -2.34. The lowest BCUT2D eigenvalue weighted by molar-refractivity contribution is -0.140. The van der Waals surface area contributed by atoms with E-state index >= 15 is 0 Å². The van der Waals surface area contributed by atoms with Crippen LogP contribution < -0.4 is 31.9 Å². The topological polar surface area (TPSA) is 255 Å². The summed E-state index contributed by atoms with van der Waals surface area (Å²) in [7, 11) is 0. The number of guanidine groups is 2. The van der Waals surface area contributed by atoms with E-state index in [1.165, 1.54) is 51.4 Å². The van der Waals surface area contributed by atoms with Crippen LogP contribution in [-0.2, 0) is 38.0 Å². The number of amides is 6. The molecule has 6 amide bonds. The number of carbonyl (C=O) groups is 6. The zero-order valence-corrected chi connectivity index (χ0v) is 43.9. The molecule has 0 aromatic heterocycles. The van der Waals surface area contributed by atoms with Gasteiger partial charge in [0, 0.05) is 24.9 Å². The fourth-order valence-corrected chi connectivity index (χ4v) is 8.62. The summed E-state index contributed by atoms with van der Waals surface area (Å²) in [6, 6.07) is 0. The second-order valence-electron chi connectivity index (χ2n) is 22.1. The molecule has 3 fully saturated rings. The van der Waals surface area contributed by atoms with Crippen LogP contribution in [0, 0.1) is 23.7 Å². The maximum atomic E-state index is 14.2. The number of carbonyl (C=O) groups excluding carboxylic acids is 6. The van der Waals surface area contributed by atoms with Crippen LogP contribution in [0.25, 0.3) is 0 Å². The number of unbranched alkanes of at least 4 members (excludes halogenated alkanes) is 10. The van der Waals surface area contributed by atoms with Crippen LogP contribution in [0.15, 0.2) is 9.98 Å². The van der Waals surface area contributed by atoms with Gasteiger partial charge in [-0.05, 0) is 102 Å². The van der Waals surface area contributed by atoms with E-state index in [0.717, 1.165) is 25.7 Å². The van der Waals surface area contributed by atoms with Crippen molar-refractivity contribution in [1.29, 1.82) is 0 Å². The number of nitrogens with zero attached hydrogens (tertiary/aromatic N) is 2. The summed E-state index contributed by atoms with van der Waals surface area (Å²) < 4.78 is 34.3. The Balaban J connectivity index is 1.73. The molecule has 0 spiro atoms. The van der Waals surface area contributed by atoms with E-state index in [1.807, 2.05) is 0 Å². The number of hydrogen-bond acceptors (Lipinski definition) is 14. The first-order chi connectivity index (χ1) is 32.1. The van der Waals surface area contributed by atoms with E-state index in [4.69, 9.17) is 28.4 Å². The van der Waals surface area contributed by atoms with Crippen molar-refractivity contribution in [3.05, 3.63) is 0 Å². The number of nitrogens with one attached hydrogen (secondary N) is 6. The van der Waals surface area contributed by atoms with Crippen LogP contribution in [0.4, 0.5) is 19.2 Å². The molecule has 0 aromatic rings. The number of fused-ring (bicyclic) bond motifs is 5. The number of rotatable bonds is 20. The van der Waals surface area contributed by atoms with Crippen molar-refractivity contribution in [1.82, 2.24) is 31.9 Å². The summed E-state index contributed by atoms with van der Waals surface area (Å²) >= 11 is 0. The van der Waals surface area contributed by atoms with Gasteiger partial charge in [0.1, 0.15) is 22.4 Å². The average Bonchev–Trinajstić information content (AvgIpc) is 3.88. The molecule has 2 aliphatic carbocycles. The second kappa shape index (κ2) is 27.0. The van der Waals surface area contributed by atoms with Crippen LogP contribution in [0.3, 0.4) is 0 Å². The summed E-state index contributed by atoms with van der Waals surface area (Å²) in [6.45, 7) is 22.4. The van der Waals surface area contributed by atoms with Gasteiger partial charge in [-0.15, -0.1) is 0 Å². The maximum Gasteiger partial charge on any atom is 0.414 e. The smallest absolute Gasteiger partial charge is 0.414 e. The highest BCUT2D eigenvalue weighted by atomic mass is 16.7. The molecule has 69 heavy (non-hydrogen) atoms. The highest BCUT2D eigenvalue weighted by molar-refractivity contribution is 6.02. The predicted molar refractivity (Wildman–Crippen MR) is 261 cm³/mol. The van der Waals surface area contributed by atoms with Gasteiger partial charge in [-0.1, -0.05) is 71.1 Å². The Labute approximate surface area is 410 Å². The third-order valence-corrected chi connectivity index (χ3v) is 11.1. The highest BCUT2D eigenvalue weighted by Gasteiger charge is 2.66. The van der Waals surface area contributed by atoms with Crippen molar-refractivity contribution < 1.29 is 57.2 Å². The van der Waals surface area contributed by atoms with E-state index in [0.29, 0.717) is 6.42 Å². The van der Waals surface area contributed by atoms with Crippen molar-refractivity contribution in [2.75, 3.05) is 26.2 Å². The van der Waals surface area contributed by atoms with Crippen molar-refractivity contribution in [3.8, 4) is 0 Å². The van der Waals surface area contributed by atoms with E-state index in [2.05, 4.69) is 48.8 Å². The van der Waals surface area contributed by atoms with Gasteiger partial charge in [0.2, 0.25) is 23.7 Å². The summed E-state index contributed by atoms with van der Waals surface area (Å²) in [4.78, 5) is 87.5. The number of aliphatic imine (C=N–C) groups is 2. The summed E-state index contributed by atoms with van der Waals surface area (Å²) in [5, 5.41) is 15.5. The van der Waals surface area contributed by atoms with Gasteiger partial charge in [-0.3, -0.25) is 40.8 Å². The van der Waals surface area contributed by atoms with Crippen molar-refractivity contribution >= 4 is 48.1 Å². The highest BCUT2D eigenvalue weighted by Crippen LogP contribution is 2.57. The summed E-state index contributed by atoms with van der Waals surface area (Å²) in [5.41, 5.74) is -3.31. The second-order valence-corrected chi connectivity index (χ2v) is 22.1. The lowest BCUT2D eigenvalue weighted by Crippen LogP contribution is -2.52. The molecule has 6 unspecified atom stereocenters. The molecule has 3 rings (SSSR count). The van der Waals surface area contributed by atoms with Gasteiger partial charge in [0.25, 0.3) is 0 Å². The average molecular weight is 979 g/mol. The molecule has 3 aliphatic rings. The number of ether oxygens (including phenoxy) is 6. The monoisotopic (exact) mass is 979 g/mol. The first-order valence-corrected chi connectivity index (χ1v) is 25.1. The normalized spacial score (nSPS) is 21.8. The third kappa shape index (κ3) is 22.7. The molecule has 1 saturated heterocycles. The van der Waals surface area contributed by atoms with Crippen LogP contribution in [0.1, 0.15) is 173 Å². The fraction of sp³-hybridized carbons (Fsp3) is 0.837. The van der Waals surface area contributed by atoms with Gasteiger partial charge in [0.05, 0.1) is 37.1 Å². The fourth-order valence-electron chi connectivity index (χ4n) is 8.62. The standard InChI is InChI=1S/C49H86N8O12/c1-14-15-16-17-18-19-20-21-22-23-24-25-33-64-36-31-30-32(37(36)65-33)35(39(59)51-27-29-53-41(56-44(62)68-48(8,9)10)57-45(63)69-49(11,12)13)34(31)38(58)50-26-28-52-40(54-42(60)66-46(2,3)4)55-43(61)67-47(5,6)7/h31-37H,14-30H2,1-13H3,(H,50,58)(H,51,59)(H2,52,54,55,60,61)(H2,53,56,57,62,63)/t31?,32?,33?,34-,35?,36?,37?/m0/s1. The third-order valence-electron chi connectivity index (χ3n) is 11.1. The molecule has 0 radical (unpaired) electrons. The molecule has 7 atom stereocenters. The first kappa shape index (κ1) is 58.6. The van der Waals surface area contributed by atoms with Gasteiger partial charge < -0.3 is 39.1 Å². The molecule has 20 nitrogen and oxygen atoms in total. The van der Waals surface area contributed by atoms with Gasteiger partial charge >= 0.3 is 24.4 Å². The quantitative estimate of drug-likeness (QED) is 0.0297. The Morgan fingerprint density at radius 2 is 0.783 bits per heavy atom. The molecule has 2 bridgehead atoms. The van der Waals surface area contributed by atoms with Crippen LogP contribution in [0.2, 0.25) is 0 Å². The van der Waals surface area contributed by atoms with E-state index in [9.17, 15) is 28.8 Å². The van der Waals surface area contributed by atoms with Gasteiger partial charge in [0.15, 0.2) is 6.29 Å². The zero-order chi connectivity index (χ0) is 51.6. The summed E-state index contributed by atoms with van der Waals surface area (Å²) in [5.74, 6) is -3.38. The molecule has 6 N–H and O–H groups in total. The SMILES string of the molecule is CCCCCCCCCCCCCC1OC2C3CC(C2O1)[C@H](C(=O)NCCN=C(NC(=O)OC(C)(C)C)NC(=O)OC(C)(C)C)C3C(=O)NCCN=C(NC(=O)OC(C)(C)C)NC(=O)OC(C)(C)C. The minimum atomic E-state index is -0.854.